The van der Waals surface area contributed by atoms with Crippen LogP contribution < -0.4 is 9.47 Å². The van der Waals surface area contributed by atoms with Crippen molar-refractivity contribution >= 4 is 21.7 Å². The SMILES string of the molecule is COc1ccc(-c2ccc(-c3ccc(OC)cc3)c3snnc23)cc1. The lowest BCUT2D eigenvalue weighted by Gasteiger charge is -2.08. The van der Waals surface area contributed by atoms with E-state index in [1.54, 1.807) is 14.2 Å². The minimum Gasteiger partial charge on any atom is -0.497 e. The summed E-state index contributed by atoms with van der Waals surface area (Å²) in [7, 11) is 3.34. The molecule has 0 spiro atoms. The molecular weight excluding hydrogens is 332 g/mol. The second kappa shape index (κ2) is 6.53. The molecule has 4 nitrogen and oxygen atoms in total. The first-order valence-electron chi connectivity index (χ1n) is 7.84. The van der Waals surface area contributed by atoms with E-state index in [4.69, 9.17) is 9.47 Å². The molecule has 0 saturated heterocycles. The van der Waals surface area contributed by atoms with Crippen LogP contribution in [0.1, 0.15) is 0 Å². The van der Waals surface area contributed by atoms with Crippen LogP contribution in [0, 0.1) is 0 Å². The van der Waals surface area contributed by atoms with E-state index in [1.807, 2.05) is 36.4 Å². The third kappa shape index (κ3) is 2.83. The molecule has 0 fully saturated rings. The number of nitrogens with zero attached hydrogens (tertiary/aromatic N) is 2. The van der Waals surface area contributed by atoms with Gasteiger partial charge >= 0.3 is 0 Å². The van der Waals surface area contributed by atoms with Crippen LogP contribution in [0.15, 0.2) is 60.7 Å². The van der Waals surface area contributed by atoms with Gasteiger partial charge in [0.25, 0.3) is 0 Å². The zero-order valence-corrected chi connectivity index (χ0v) is 14.7. The largest absolute Gasteiger partial charge is 0.497 e. The van der Waals surface area contributed by atoms with Crippen LogP contribution in [-0.2, 0) is 0 Å². The summed E-state index contributed by atoms with van der Waals surface area (Å²) in [5, 5.41) is 4.37. The van der Waals surface area contributed by atoms with E-state index >= 15 is 0 Å². The van der Waals surface area contributed by atoms with E-state index in [1.165, 1.54) is 11.5 Å². The molecule has 1 heterocycles. The molecule has 1 aromatic heterocycles. The predicted octanol–water partition coefficient (Wildman–Crippen LogP) is 5.04. The highest BCUT2D eigenvalue weighted by atomic mass is 32.1. The van der Waals surface area contributed by atoms with Gasteiger partial charge < -0.3 is 9.47 Å². The van der Waals surface area contributed by atoms with Crippen LogP contribution in [0.4, 0.5) is 0 Å². The van der Waals surface area contributed by atoms with Crippen LogP contribution in [0.25, 0.3) is 32.5 Å². The average Bonchev–Trinajstić information content (AvgIpc) is 3.17. The van der Waals surface area contributed by atoms with Crippen LogP contribution in [-0.4, -0.2) is 23.8 Å². The van der Waals surface area contributed by atoms with Gasteiger partial charge in [-0.15, -0.1) is 5.10 Å². The third-order valence-electron chi connectivity index (χ3n) is 4.21. The van der Waals surface area contributed by atoms with Gasteiger partial charge in [-0.1, -0.05) is 40.9 Å². The topological polar surface area (TPSA) is 44.2 Å². The number of rotatable bonds is 4. The summed E-state index contributed by atoms with van der Waals surface area (Å²) in [6.07, 6.45) is 0. The second-order valence-electron chi connectivity index (χ2n) is 5.57. The molecule has 4 aromatic rings. The van der Waals surface area contributed by atoms with E-state index in [0.717, 1.165) is 44.0 Å². The zero-order valence-electron chi connectivity index (χ0n) is 13.9. The standard InChI is InChI=1S/C20H16N2O2S/c1-23-15-7-3-13(4-8-15)17-11-12-18(20-19(17)21-22-25-20)14-5-9-16(24-2)10-6-14/h3-12H,1-2H3. The number of ether oxygens (including phenoxy) is 2. The van der Waals surface area contributed by atoms with Crippen LogP contribution in [0.5, 0.6) is 11.5 Å². The Morgan fingerprint density at radius 2 is 1.20 bits per heavy atom. The Bertz CT molecular complexity index is 927. The molecule has 0 aliphatic carbocycles. The zero-order chi connectivity index (χ0) is 17.2. The Morgan fingerprint density at radius 3 is 1.76 bits per heavy atom. The fraction of sp³-hybridized carbons (Fsp3) is 0.100. The van der Waals surface area contributed by atoms with Gasteiger partial charge in [0.05, 0.1) is 18.9 Å². The van der Waals surface area contributed by atoms with Gasteiger partial charge in [0.1, 0.15) is 17.0 Å². The Hall–Kier alpha value is -2.92. The summed E-state index contributed by atoms with van der Waals surface area (Å²) in [4.78, 5) is 0. The maximum atomic E-state index is 5.24. The first-order chi connectivity index (χ1) is 12.3. The number of aromatic nitrogens is 2. The molecule has 124 valence electrons. The van der Waals surface area contributed by atoms with Crippen molar-refractivity contribution in [3.05, 3.63) is 60.7 Å². The molecular formula is C20H16N2O2S. The van der Waals surface area contributed by atoms with Gasteiger partial charge in [0.15, 0.2) is 0 Å². The average molecular weight is 348 g/mol. The molecule has 0 aliphatic rings. The molecule has 0 saturated carbocycles. The summed E-state index contributed by atoms with van der Waals surface area (Å²) >= 11 is 1.42. The van der Waals surface area contributed by atoms with E-state index in [0.29, 0.717) is 0 Å². The molecule has 25 heavy (non-hydrogen) atoms. The summed E-state index contributed by atoms with van der Waals surface area (Å²) in [6, 6.07) is 20.3. The summed E-state index contributed by atoms with van der Waals surface area (Å²) in [5.41, 5.74) is 5.34. The first-order valence-corrected chi connectivity index (χ1v) is 8.61. The van der Waals surface area contributed by atoms with Gasteiger partial charge in [0, 0.05) is 11.1 Å². The van der Waals surface area contributed by atoms with Crippen molar-refractivity contribution < 1.29 is 9.47 Å². The smallest absolute Gasteiger partial charge is 0.118 e. The quantitative estimate of drug-likeness (QED) is 0.518. The van der Waals surface area contributed by atoms with Crippen molar-refractivity contribution in [2.24, 2.45) is 0 Å². The minimum absolute atomic E-state index is 0.839. The van der Waals surface area contributed by atoms with Gasteiger partial charge in [-0.2, -0.15) is 0 Å². The van der Waals surface area contributed by atoms with Crippen molar-refractivity contribution in [2.45, 2.75) is 0 Å². The first kappa shape index (κ1) is 15.6. The number of fused-ring (bicyclic) bond motifs is 1. The maximum absolute atomic E-state index is 5.24. The lowest BCUT2D eigenvalue weighted by Crippen LogP contribution is -1.86. The maximum Gasteiger partial charge on any atom is 0.118 e. The van der Waals surface area contributed by atoms with Gasteiger partial charge in [-0.3, -0.25) is 0 Å². The minimum atomic E-state index is 0.839. The normalized spacial score (nSPS) is 10.8. The second-order valence-corrected chi connectivity index (χ2v) is 6.32. The third-order valence-corrected chi connectivity index (χ3v) is 4.97. The van der Waals surface area contributed by atoms with Gasteiger partial charge in [-0.05, 0) is 46.9 Å². The molecule has 0 aliphatic heterocycles. The van der Waals surface area contributed by atoms with E-state index < -0.39 is 0 Å². The molecule has 0 amide bonds. The Labute approximate surface area is 149 Å². The van der Waals surface area contributed by atoms with E-state index in [9.17, 15) is 0 Å². The summed E-state index contributed by atoms with van der Waals surface area (Å²) in [6.45, 7) is 0. The number of benzene rings is 3. The molecule has 0 N–H and O–H groups in total. The highest BCUT2D eigenvalue weighted by Gasteiger charge is 2.13. The van der Waals surface area contributed by atoms with Gasteiger partial charge in [0.2, 0.25) is 0 Å². The van der Waals surface area contributed by atoms with Crippen LogP contribution >= 0.6 is 11.5 Å². The Morgan fingerprint density at radius 1 is 0.680 bits per heavy atom. The highest BCUT2D eigenvalue weighted by molar-refractivity contribution is 7.13. The summed E-state index contributed by atoms with van der Waals surface area (Å²) < 4.78 is 15.7. The van der Waals surface area contributed by atoms with E-state index in [2.05, 4.69) is 33.9 Å². The van der Waals surface area contributed by atoms with Crippen molar-refractivity contribution in [3.8, 4) is 33.8 Å². The Kier molecular flexibility index (Phi) is 4.07. The van der Waals surface area contributed by atoms with Crippen molar-refractivity contribution in [1.29, 1.82) is 0 Å². The fourth-order valence-corrected chi connectivity index (χ4v) is 3.59. The molecule has 5 heteroatoms. The van der Waals surface area contributed by atoms with Gasteiger partial charge in [-0.25, -0.2) is 0 Å². The molecule has 0 atom stereocenters. The predicted molar refractivity (Wildman–Crippen MR) is 101 cm³/mol. The molecule has 0 bridgehead atoms. The molecule has 0 unspecified atom stereocenters. The van der Waals surface area contributed by atoms with E-state index in [-0.39, 0.29) is 0 Å². The lowest BCUT2D eigenvalue weighted by molar-refractivity contribution is 0.415. The Balaban J connectivity index is 1.82. The van der Waals surface area contributed by atoms with Crippen molar-refractivity contribution in [1.82, 2.24) is 9.59 Å². The molecule has 3 aromatic carbocycles. The number of hydrogen-bond donors (Lipinski definition) is 0. The van der Waals surface area contributed by atoms with Crippen LogP contribution in [0.3, 0.4) is 0 Å². The van der Waals surface area contributed by atoms with Crippen molar-refractivity contribution in [3.63, 3.8) is 0 Å². The fourth-order valence-electron chi connectivity index (χ4n) is 2.87. The number of hydrogen-bond acceptors (Lipinski definition) is 5. The number of methoxy groups -OCH3 is 2. The van der Waals surface area contributed by atoms with Crippen molar-refractivity contribution in [2.75, 3.05) is 14.2 Å². The summed E-state index contributed by atoms with van der Waals surface area (Å²) in [5.74, 6) is 1.68. The highest BCUT2D eigenvalue weighted by Crippen LogP contribution is 2.37. The lowest BCUT2D eigenvalue weighted by atomic mass is 9.99. The van der Waals surface area contributed by atoms with Crippen LogP contribution in [0.2, 0.25) is 0 Å². The molecule has 0 radical (unpaired) electrons. The molecule has 4 rings (SSSR count). The monoisotopic (exact) mass is 348 g/mol.